The van der Waals surface area contributed by atoms with Crippen molar-refractivity contribution >= 4 is 34.4 Å². The van der Waals surface area contributed by atoms with Gasteiger partial charge < -0.3 is 20.5 Å². The van der Waals surface area contributed by atoms with Crippen molar-refractivity contribution < 1.29 is 19.4 Å². The van der Waals surface area contributed by atoms with Gasteiger partial charge in [-0.05, 0) is 25.3 Å². The van der Waals surface area contributed by atoms with E-state index in [-0.39, 0.29) is 24.5 Å². The Kier molecular flexibility index (Phi) is 4.64. The van der Waals surface area contributed by atoms with Gasteiger partial charge in [-0.3, -0.25) is 0 Å². The van der Waals surface area contributed by atoms with Crippen molar-refractivity contribution in [1.29, 1.82) is 0 Å². The molecule has 0 unspecified atom stereocenters. The third kappa shape index (κ3) is 3.38. The summed E-state index contributed by atoms with van der Waals surface area (Å²) in [5.41, 5.74) is -0.610. The summed E-state index contributed by atoms with van der Waals surface area (Å²) in [6, 6.07) is 1.29. The molecule has 1 aliphatic rings. The Bertz CT molecular complexity index is 1060. The maximum absolute atomic E-state index is 14.3. The van der Waals surface area contributed by atoms with Crippen LogP contribution < -0.4 is 5.32 Å². The number of aromatic nitrogens is 4. The number of fused-ring (bicyclic) bond motifs is 1. The van der Waals surface area contributed by atoms with E-state index in [9.17, 15) is 19.4 Å². The number of nitrogens with zero attached hydrogens (tertiary/aromatic N) is 3. The van der Waals surface area contributed by atoms with Gasteiger partial charge in [0.15, 0.2) is 23.1 Å². The molecule has 0 spiro atoms. The van der Waals surface area contributed by atoms with E-state index in [0.717, 1.165) is 6.20 Å². The molecule has 0 saturated heterocycles. The second kappa shape index (κ2) is 6.99. The monoisotopic (exact) mass is 405 g/mol. The lowest BCUT2D eigenvalue weighted by atomic mass is 9.82. The SMILES string of the molecule is O=C(O)[C@@]1(O)CCC[C@@H](Nc2nc(-c3c[nH]c4ncc(Cl)cc34)ncc2F)C1. The molecule has 2 atom stereocenters. The number of carbonyl (C=O) groups is 1. The number of hydrogen-bond acceptors (Lipinski definition) is 6. The highest BCUT2D eigenvalue weighted by Gasteiger charge is 2.41. The topological polar surface area (TPSA) is 124 Å². The van der Waals surface area contributed by atoms with Crippen LogP contribution >= 0.6 is 11.6 Å². The van der Waals surface area contributed by atoms with E-state index in [0.29, 0.717) is 34.5 Å². The van der Waals surface area contributed by atoms with E-state index in [1.807, 2.05) is 0 Å². The number of H-pyrrole nitrogens is 1. The van der Waals surface area contributed by atoms with E-state index in [1.165, 1.54) is 6.20 Å². The number of aliphatic carboxylic acids is 1. The largest absolute Gasteiger partial charge is 0.479 e. The maximum Gasteiger partial charge on any atom is 0.335 e. The molecular weight excluding hydrogens is 389 g/mol. The van der Waals surface area contributed by atoms with Crippen molar-refractivity contribution in [2.45, 2.75) is 37.3 Å². The normalized spacial score (nSPS) is 22.3. The summed E-state index contributed by atoms with van der Waals surface area (Å²) in [5.74, 6) is -1.72. The summed E-state index contributed by atoms with van der Waals surface area (Å²) in [5, 5.41) is 23.5. The first-order chi connectivity index (χ1) is 13.4. The van der Waals surface area contributed by atoms with Crippen molar-refractivity contribution in [3.05, 3.63) is 35.5 Å². The van der Waals surface area contributed by atoms with Gasteiger partial charge in [-0.15, -0.1) is 0 Å². The Balaban J connectivity index is 1.64. The number of nitrogens with one attached hydrogen (secondary N) is 2. The molecule has 0 aliphatic heterocycles. The lowest BCUT2D eigenvalue weighted by molar-refractivity contribution is -0.162. The molecular formula is C18H17ClFN5O3. The summed E-state index contributed by atoms with van der Waals surface area (Å²) in [7, 11) is 0. The lowest BCUT2D eigenvalue weighted by Gasteiger charge is -2.34. The average Bonchev–Trinajstić information content (AvgIpc) is 3.06. The minimum Gasteiger partial charge on any atom is -0.479 e. The van der Waals surface area contributed by atoms with Gasteiger partial charge in [-0.1, -0.05) is 11.6 Å². The van der Waals surface area contributed by atoms with Gasteiger partial charge in [-0.25, -0.2) is 24.1 Å². The van der Waals surface area contributed by atoms with Crippen LogP contribution in [-0.2, 0) is 4.79 Å². The molecule has 1 saturated carbocycles. The zero-order valence-electron chi connectivity index (χ0n) is 14.6. The minimum atomic E-state index is -1.82. The zero-order valence-corrected chi connectivity index (χ0v) is 15.4. The highest BCUT2D eigenvalue weighted by atomic mass is 35.5. The molecule has 0 radical (unpaired) electrons. The summed E-state index contributed by atoms with van der Waals surface area (Å²) in [4.78, 5) is 26.8. The number of carboxylic acid groups (broad SMARTS) is 1. The maximum atomic E-state index is 14.3. The van der Waals surface area contributed by atoms with Crippen LogP contribution in [0.4, 0.5) is 10.2 Å². The Morgan fingerprint density at radius 2 is 2.21 bits per heavy atom. The van der Waals surface area contributed by atoms with Crippen LogP contribution in [0.1, 0.15) is 25.7 Å². The number of halogens is 2. The quantitative estimate of drug-likeness (QED) is 0.526. The van der Waals surface area contributed by atoms with E-state index in [4.69, 9.17) is 11.6 Å². The Hall–Kier alpha value is -2.78. The predicted octanol–water partition coefficient (Wildman–Crippen LogP) is 2.98. The predicted molar refractivity (Wildman–Crippen MR) is 101 cm³/mol. The fourth-order valence-electron chi connectivity index (χ4n) is 3.52. The first kappa shape index (κ1) is 18.6. The van der Waals surface area contributed by atoms with Gasteiger partial charge in [0, 0.05) is 35.8 Å². The first-order valence-corrected chi connectivity index (χ1v) is 9.11. The number of aliphatic hydroxyl groups is 1. The number of anilines is 1. The second-order valence-electron chi connectivity index (χ2n) is 6.92. The molecule has 1 fully saturated rings. The first-order valence-electron chi connectivity index (χ1n) is 8.73. The van der Waals surface area contributed by atoms with Crippen LogP contribution in [0.3, 0.4) is 0 Å². The van der Waals surface area contributed by atoms with Gasteiger partial charge in [0.1, 0.15) is 5.65 Å². The Morgan fingerprint density at radius 1 is 1.39 bits per heavy atom. The minimum absolute atomic E-state index is 0.0340. The third-order valence-electron chi connectivity index (χ3n) is 4.95. The number of aromatic amines is 1. The van der Waals surface area contributed by atoms with Gasteiger partial charge >= 0.3 is 5.97 Å². The van der Waals surface area contributed by atoms with Crippen LogP contribution in [0.5, 0.6) is 0 Å². The molecule has 10 heteroatoms. The summed E-state index contributed by atoms with van der Waals surface area (Å²) >= 11 is 6.01. The summed E-state index contributed by atoms with van der Waals surface area (Å²) in [6.45, 7) is 0. The fourth-order valence-corrected chi connectivity index (χ4v) is 3.68. The third-order valence-corrected chi connectivity index (χ3v) is 5.16. The lowest BCUT2D eigenvalue weighted by Crippen LogP contribution is -2.46. The molecule has 0 aromatic carbocycles. The second-order valence-corrected chi connectivity index (χ2v) is 7.35. The van der Waals surface area contributed by atoms with Crippen LogP contribution in [0.2, 0.25) is 5.02 Å². The van der Waals surface area contributed by atoms with Gasteiger partial charge in [-0.2, -0.15) is 0 Å². The van der Waals surface area contributed by atoms with Crippen molar-refractivity contribution in [3.63, 3.8) is 0 Å². The van der Waals surface area contributed by atoms with Gasteiger partial charge in [0.25, 0.3) is 0 Å². The zero-order chi connectivity index (χ0) is 19.9. The highest BCUT2D eigenvalue weighted by molar-refractivity contribution is 6.31. The van der Waals surface area contributed by atoms with E-state index in [1.54, 1.807) is 12.3 Å². The van der Waals surface area contributed by atoms with Crippen molar-refractivity contribution in [3.8, 4) is 11.4 Å². The van der Waals surface area contributed by atoms with E-state index < -0.39 is 23.4 Å². The van der Waals surface area contributed by atoms with Gasteiger partial charge in [0.2, 0.25) is 0 Å². The van der Waals surface area contributed by atoms with Crippen LogP contribution in [0.25, 0.3) is 22.4 Å². The van der Waals surface area contributed by atoms with Crippen molar-refractivity contribution in [2.75, 3.05) is 5.32 Å². The number of rotatable bonds is 4. The number of pyridine rings is 1. The van der Waals surface area contributed by atoms with Crippen molar-refractivity contribution in [1.82, 2.24) is 19.9 Å². The smallest absolute Gasteiger partial charge is 0.335 e. The van der Waals surface area contributed by atoms with Crippen LogP contribution in [-0.4, -0.2) is 47.8 Å². The average molecular weight is 406 g/mol. The standard InChI is InChI=1S/C18H17ClFN5O3/c19-9-4-11-12(7-22-14(11)21-6-9)15-23-8-13(20)16(25-15)24-10-2-1-3-18(28,5-10)17(26)27/h4,6-8,10,28H,1-3,5H2,(H,21,22)(H,26,27)(H,23,24,25)/t10-,18-/m1/s1. The molecule has 0 bridgehead atoms. The summed E-state index contributed by atoms with van der Waals surface area (Å²) in [6.07, 6.45) is 5.46. The molecule has 146 valence electrons. The fraction of sp³-hybridized carbons (Fsp3) is 0.333. The summed E-state index contributed by atoms with van der Waals surface area (Å²) < 4.78 is 14.3. The van der Waals surface area contributed by atoms with Crippen LogP contribution in [0.15, 0.2) is 24.7 Å². The molecule has 4 rings (SSSR count). The van der Waals surface area contributed by atoms with Crippen molar-refractivity contribution in [2.24, 2.45) is 0 Å². The number of hydrogen-bond donors (Lipinski definition) is 4. The Morgan fingerprint density at radius 3 is 3.00 bits per heavy atom. The molecule has 3 aromatic heterocycles. The molecule has 3 heterocycles. The van der Waals surface area contributed by atoms with Gasteiger partial charge in [0.05, 0.1) is 11.2 Å². The molecule has 4 N–H and O–H groups in total. The van der Waals surface area contributed by atoms with E-state index in [2.05, 4.69) is 25.3 Å². The molecule has 28 heavy (non-hydrogen) atoms. The molecule has 1 aliphatic carbocycles. The number of carboxylic acids is 1. The molecule has 0 amide bonds. The Labute approximate surface area is 163 Å². The van der Waals surface area contributed by atoms with E-state index >= 15 is 0 Å². The molecule has 8 nitrogen and oxygen atoms in total. The molecule has 3 aromatic rings. The highest BCUT2D eigenvalue weighted by Crippen LogP contribution is 2.32. The van der Waals surface area contributed by atoms with Crippen LogP contribution in [0, 0.1) is 5.82 Å².